The predicted molar refractivity (Wildman–Crippen MR) is 95.0 cm³/mol. The standard InChI is InChI=1S/C17H14BrN5O2/c1-10(15(24)11-6-8-14(18)9-7-11)23-21-17(20-22-23)13-4-2-12(3-5-13)16(19)25/h2-10H,1H3,(H2,19,25). The van der Waals surface area contributed by atoms with E-state index in [9.17, 15) is 9.59 Å². The third-order valence-corrected chi connectivity index (χ3v) is 4.24. The molecule has 3 rings (SSSR count). The van der Waals surface area contributed by atoms with E-state index >= 15 is 0 Å². The zero-order valence-electron chi connectivity index (χ0n) is 13.3. The Morgan fingerprint density at radius 3 is 2.24 bits per heavy atom. The van der Waals surface area contributed by atoms with Gasteiger partial charge < -0.3 is 5.73 Å². The quantitative estimate of drug-likeness (QED) is 0.664. The van der Waals surface area contributed by atoms with Gasteiger partial charge in [0.25, 0.3) is 0 Å². The van der Waals surface area contributed by atoms with Crippen molar-refractivity contribution in [3.63, 3.8) is 0 Å². The predicted octanol–water partition coefficient (Wildman–Crippen LogP) is 2.65. The SMILES string of the molecule is CC(C(=O)c1ccc(Br)cc1)n1nnc(-c2ccc(C(N)=O)cc2)n1. The van der Waals surface area contributed by atoms with Gasteiger partial charge in [0.2, 0.25) is 11.7 Å². The minimum atomic E-state index is -0.590. The fraction of sp³-hybridized carbons (Fsp3) is 0.118. The summed E-state index contributed by atoms with van der Waals surface area (Å²) in [6.07, 6.45) is 0. The number of amides is 1. The molecule has 0 radical (unpaired) electrons. The molecule has 1 aromatic heterocycles. The van der Waals surface area contributed by atoms with E-state index < -0.39 is 11.9 Å². The van der Waals surface area contributed by atoms with Crippen LogP contribution in [0.2, 0.25) is 0 Å². The molecule has 2 N–H and O–H groups in total. The highest BCUT2D eigenvalue weighted by atomic mass is 79.9. The average Bonchev–Trinajstić information content (AvgIpc) is 3.11. The highest BCUT2D eigenvalue weighted by molar-refractivity contribution is 9.10. The number of Topliss-reactive ketones (excluding diaryl/α,β-unsaturated/α-hetero) is 1. The molecule has 3 aromatic rings. The zero-order chi connectivity index (χ0) is 18.0. The minimum Gasteiger partial charge on any atom is -0.366 e. The average molecular weight is 400 g/mol. The Hall–Kier alpha value is -2.87. The number of carbonyl (C=O) groups excluding carboxylic acids is 2. The van der Waals surface area contributed by atoms with Gasteiger partial charge in [-0.2, -0.15) is 4.80 Å². The van der Waals surface area contributed by atoms with Crippen LogP contribution in [0, 0.1) is 0 Å². The summed E-state index contributed by atoms with van der Waals surface area (Å²) in [4.78, 5) is 24.9. The lowest BCUT2D eigenvalue weighted by atomic mass is 10.1. The largest absolute Gasteiger partial charge is 0.366 e. The third kappa shape index (κ3) is 3.63. The van der Waals surface area contributed by atoms with Crippen molar-refractivity contribution >= 4 is 27.6 Å². The van der Waals surface area contributed by atoms with Gasteiger partial charge in [-0.05, 0) is 36.4 Å². The highest BCUT2D eigenvalue weighted by Gasteiger charge is 2.20. The molecule has 8 heteroatoms. The number of rotatable bonds is 5. The number of ketones is 1. The van der Waals surface area contributed by atoms with E-state index in [1.54, 1.807) is 55.5 Å². The summed E-state index contributed by atoms with van der Waals surface area (Å²) in [6, 6.07) is 13.1. The number of tetrazole rings is 1. The van der Waals surface area contributed by atoms with E-state index in [1.807, 2.05) is 0 Å². The van der Waals surface area contributed by atoms with Crippen LogP contribution >= 0.6 is 15.9 Å². The molecule has 0 bridgehead atoms. The summed E-state index contributed by atoms with van der Waals surface area (Å²) in [6.45, 7) is 1.71. The molecule has 0 saturated heterocycles. The number of nitrogens with zero attached hydrogens (tertiary/aromatic N) is 4. The van der Waals surface area contributed by atoms with Crippen molar-refractivity contribution in [3.8, 4) is 11.4 Å². The molecule has 0 fully saturated rings. The van der Waals surface area contributed by atoms with E-state index in [0.717, 1.165) is 4.47 Å². The first-order valence-corrected chi connectivity index (χ1v) is 8.24. The molecule has 7 nitrogen and oxygen atoms in total. The molecular weight excluding hydrogens is 386 g/mol. The molecule has 0 aliphatic rings. The number of nitrogens with two attached hydrogens (primary N) is 1. The second-order valence-electron chi connectivity index (χ2n) is 5.42. The topological polar surface area (TPSA) is 104 Å². The van der Waals surface area contributed by atoms with E-state index in [-0.39, 0.29) is 5.78 Å². The summed E-state index contributed by atoms with van der Waals surface area (Å²) in [5.41, 5.74) is 6.87. The molecule has 126 valence electrons. The van der Waals surface area contributed by atoms with Crippen LogP contribution in [0.25, 0.3) is 11.4 Å². The molecule has 1 unspecified atom stereocenters. The number of hydrogen-bond acceptors (Lipinski definition) is 5. The van der Waals surface area contributed by atoms with Crippen LogP contribution < -0.4 is 5.73 Å². The first-order chi connectivity index (χ1) is 12.0. The van der Waals surface area contributed by atoms with Gasteiger partial charge in [-0.25, -0.2) is 0 Å². The molecule has 1 amide bonds. The van der Waals surface area contributed by atoms with Gasteiger partial charge in [-0.1, -0.05) is 40.2 Å². The number of benzene rings is 2. The Morgan fingerprint density at radius 1 is 1.04 bits per heavy atom. The second kappa shape index (κ2) is 6.94. The van der Waals surface area contributed by atoms with Gasteiger partial charge >= 0.3 is 0 Å². The Balaban J connectivity index is 1.81. The van der Waals surface area contributed by atoms with Crippen LogP contribution in [0.15, 0.2) is 53.0 Å². The van der Waals surface area contributed by atoms with E-state index in [0.29, 0.717) is 22.5 Å². The summed E-state index contributed by atoms with van der Waals surface area (Å²) in [5, 5.41) is 12.2. The summed E-state index contributed by atoms with van der Waals surface area (Å²) in [5.74, 6) is -0.246. The number of primary amides is 1. The lowest BCUT2D eigenvalue weighted by Crippen LogP contribution is -2.19. The van der Waals surface area contributed by atoms with Crippen molar-refractivity contribution in [2.45, 2.75) is 13.0 Å². The Labute approximate surface area is 152 Å². The Kier molecular flexibility index (Phi) is 4.71. The number of hydrogen-bond donors (Lipinski definition) is 1. The number of aromatic nitrogens is 4. The highest BCUT2D eigenvalue weighted by Crippen LogP contribution is 2.18. The van der Waals surface area contributed by atoms with Gasteiger partial charge in [0.1, 0.15) is 6.04 Å². The fourth-order valence-electron chi connectivity index (χ4n) is 2.25. The fourth-order valence-corrected chi connectivity index (χ4v) is 2.51. The molecule has 1 heterocycles. The van der Waals surface area contributed by atoms with Crippen LogP contribution in [-0.2, 0) is 0 Å². The normalized spacial score (nSPS) is 11.9. The third-order valence-electron chi connectivity index (χ3n) is 3.71. The maximum atomic E-state index is 12.5. The van der Waals surface area contributed by atoms with Gasteiger partial charge in [0.15, 0.2) is 5.78 Å². The van der Waals surface area contributed by atoms with Crippen molar-refractivity contribution in [3.05, 3.63) is 64.1 Å². The molecule has 0 aliphatic heterocycles. The van der Waals surface area contributed by atoms with Crippen LogP contribution in [0.5, 0.6) is 0 Å². The van der Waals surface area contributed by atoms with Crippen LogP contribution in [0.1, 0.15) is 33.7 Å². The first kappa shape index (κ1) is 17.0. The van der Waals surface area contributed by atoms with Gasteiger partial charge in [0.05, 0.1) is 0 Å². The van der Waals surface area contributed by atoms with Crippen LogP contribution in [0.3, 0.4) is 0 Å². The zero-order valence-corrected chi connectivity index (χ0v) is 14.8. The number of halogens is 1. The maximum absolute atomic E-state index is 12.5. The first-order valence-electron chi connectivity index (χ1n) is 7.45. The van der Waals surface area contributed by atoms with Crippen LogP contribution in [0.4, 0.5) is 0 Å². The molecule has 0 saturated carbocycles. The van der Waals surface area contributed by atoms with Gasteiger partial charge in [-0.3, -0.25) is 9.59 Å². The number of carbonyl (C=O) groups is 2. The molecule has 2 aromatic carbocycles. The van der Waals surface area contributed by atoms with Crippen LogP contribution in [-0.4, -0.2) is 31.9 Å². The summed E-state index contributed by atoms with van der Waals surface area (Å²) < 4.78 is 0.900. The smallest absolute Gasteiger partial charge is 0.248 e. The van der Waals surface area contributed by atoms with Gasteiger partial charge in [0, 0.05) is 21.2 Å². The van der Waals surface area contributed by atoms with Crippen molar-refractivity contribution in [1.29, 1.82) is 0 Å². The van der Waals surface area contributed by atoms with E-state index in [2.05, 4.69) is 31.3 Å². The van der Waals surface area contributed by atoms with Crippen molar-refractivity contribution in [2.24, 2.45) is 5.73 Å². The molecule has 1 atom stereocenters. The van der Waals surface area contributed by atoms with Crippen molar-refractivity contribution < 1.29 is 9.59 Å². The Bertz CT molecular complexity index is 919. The molecule has 0 spiro atoms. The maximum Gasteiger partial charge on any atom is 0.248 e. The van der Waals surface area contributed by atoms with E-state index in [4.69, 9.17) is 5.73 Å². The van der Waals surface area contributed by atoms with Gasteiger partial charge in [-0.15, -0.1) is 10.2 Å². The summed E-state index contributed by atoms with van der Waals surface area (Å²) >= 11 is 3.34. The van der Waals surface area contributed by atoms with Crippen molar-refractivity contribution in [2.75, 3.05) is 0 Å². The molecular formula is C17H14BrN5O2. The molecule has 25 heavy (non-hydrogen) atoms. The lowest BCUT2D eigenvalue weighted by Gasteiger charge is -2.08. The van der Waals surface area contributed by atoms with Crippen molar-refractivity contribution in [1.82, 2.24) is 20.2 Å². The monoisotopic (exact) mass is 399 g/mol. The molecule has 0 aliphatic carbocycles. The minimum absolute atomic E-state index is 0.111. The Morgan fingerprint density at radius 2 is 1.64 bits per heavy atom. The second-order valence-corrected chi connectivity index (χ2v) is 6.34. The van der Waals surface area contributed by atoms with E-state index in [1.165, 1.54) is 4.80 Å². The lowest BCUT2D eigenvalue weighted by molar-refractivity contribution is 0.0917. The summed E-state index contributed by atoms with van der Waals surface area (Å²) in [7, 11) is 0.